The Labute approximate surface area is 139 Å². The third-order valence-electron chi connectivity index (χ3n) is 3.20. The molecular weight excluding hydrogens is 314 g/mol. The third kappa shape index (κ3) is 5.43. The Morgan fingerprint density at radius 2 is 2.08 bits per heavy atom. The fourth-order valence-electron chi connectivity index (χ4n) is 2.02. The van der Waals surface area contributed by atoms with Crippen LogP contribution in [-0.4, -0.2) is 59.6 Å². The lowest BCUT2D eigenvalue weighted by Crippen LogP contribution is -2.47. The van der Waals surface area contributed by atoms with Gasteiger partial charge in [-0.25, -0.2) is 5.43 Å². The van der Waals surface area contributed by atoms with Gasteiger partial charge >= 0.3 is 11.8 Å². The van der Waals surface area contributed by atoms with Crippen molar-refractivity contribution in [2.24, 2.45) is 5.10 Å². The zero-order chi connectivity index (χ0) is 17.4. The Hall–Kier alpha value is -2.81. The van der Waals surface area contributed by atoms with Crippen molar-refractivity contribution in [3.8, 4) is 0 Å². The zero-order valence-electron chi connectivity index (χ0n) is 13.3. The number of nitrogens with zero attached hydrogens (tertiary/aromatic N) is 3. The molecular formula is C15H19N5O4. The molecule has 0 radical (unpaired) electrons. The molecule has 9 heteroatoms. The number of anilines is 1. The van der Waals surface area contributed by atoms with Crippen molar-refractivity contribution in [1.29, 1.82) is 0 Å². The van der Waals surface area contributed by atoms with Crippen LogP contribution in [0.1, 0.15) is 13.3 Å². The molecule has 2 N–H and O–H groups in total. The minimum Gasteiger partial charge on any atom is -0.378 e. The molecule has 1 aromatic heterocycles. The van der Waals surface area contributed by atoms with Crippen LogP contribution in [0.15, 0.2) is 29.6 Å². The van der Waals surface area contributed by atoms with E-state index in [1.54, 1.807) is 25.3 Å². The lowest BCUT2D eigenvalue weighted by Gasteiger charge is -2.25. The molecule has 0 atom stereocenters. The van der Waals surface area contributed by atoms with Gasteiger partial charge in [0.05, 0.1) is 31.5 Å². The monoisotopic (exact) mass is 333 g/mol. The van der Waals surface area contributed by atoms with E-state index in [9.17, 15) is 14.4 Å². The van der Waals surface area contributed by atoms with Gasteiger partial charge in [-0.15, -0.1) is 0 Å². The van der Waals surface area contributed by atoms with Crippen molar-refractivity contribution in [3.63, 3.8) is 0 Å². The molecule has 0 saturated carbocycles. The van der Waals surface area contributed by atoms with Gasteiger partial charge in [0.1, 0.15) is 0 Å². The van der Waals surface area contributed by atoms with Crippen LogP contribution in [-0.2, 0) is 19.1 Å². The Morgan fingerprint density at radius 1 is 1.33 bits per heavy atom. The second-order valence-electron chi connectivity index (χ2n) is 5.16. The fraction of sp³-hybridized carbons (Fsp3) is 0.400. The maximum Gasteiger partial charge on any atom is 0.329 e. The third-order valence-corrected chi connectivity index (χ3v) is 3.20. The minimum absolute atomic E-state index is 0.0130. The van der Waals surface area contributed by atoms with E-state index < -0.39 is 11.8 Å². The molecule has 9 nitrogen and oxygen atoms in total. The van der Waals surface area contributed by atoms with Crippen LogP contribution in [0.4, 0.5) is 5.69 Å². The van der Waals surface area contributed by atoms with Gasteiger partial charge in [-0.3, -0.25) is 19.4 Å². The molecule has 2 rings (SSSR count). The second-order valence-corrected chi connectivity index (χ2v) is 5.16. The van der Waals surface area contributed by atoms with E-state index in [4.69, 9.17) is 4.74 Å². The summed E-state index contributed by atoms with van der Waals surface area (Å²) in [4.78, 5) is 40.8. The molecule has 0 spiro atoms. The standard InChI is InChI=1S/C15H19N5O4/c1-11(9-13(21)17-12-3-2-4-16-10-12)18-19-14(22)15(23)20-5-7-24-8-6-20/h2-4,10H,5-9H2,1H3,(H,17,21)(H,19,22)/b18-11+. The molecule has 24 heavy (non-hydrogen) atoms. The molecule has 0 bridgehead atoms. The first-order valence-corrected chi connectivity index (χ1v) is 7.46. The number of nitrogens with one attached hydrogen (secondary N) is 2. The second kappa shape index (κ2) is 8.73. The van der Waals surface area contributed by atoms with Crippen molar-refractivity contribution in [2.45, 2.75) is 13.3 Å². The Morgan fingerprint density at radius 3 is 2.75 bits per heavy atom. The van der Waals surface area contributed by atoms with Gasteiger partial charge in [0, 0.05) is 25.0 Å². The topological polar surface area (TPSA) is 113 Å². The maximum atomic E-state index is 11.9. The highest BCUT2D eigenvalue weighted by Gasteiger charge is 2.23. The summed E-state index contributed by atoms with van der Waals surface area (Å²) in [6.07, 6.45) is 3.11. The van der Waals surface area contributed by atoms with Crippen molar-refractivity contribution in [3.05, 3.63) is 24.5 Å². The van der Waals surface area contributed by atoms with Gasteiger partial charge in [-0.1, -0.05) is 0 Å². The molecule has 0 unspecified atom stereocenters. The fourth-order valence-corrected chi connectivity index (χ4v) is 2.02. The SMILES string of the molecule is C/C(CC(=O)Nc1cccnc1)=N\NC(=O)C(=O)N1CCOCC1. The molecule has 1 fully saturated rings. The molecule has 1 aromatic rings. The molecule has 1 saturated heterocycles. The van der Waals surface area contributed by atoms with Crippen LogP contribution in [0, 0.1) is 0 Å². The number of morpholine rings is 1. The molecule has 0 aromatic carbocycles. The van der Waals surface area contributed by atoms with E-state index in [2.05, 4.69) is 20.8 Å². The molecule has 1 aliphatic heterocycles. The van der Waals surface area contributed by atoms with Gasteiger partial charge in [-0.2, -0.15) is 5.10 Å². The van der Waals surface area contributed by atoms with Crippen molar-refractivity contribution in [2.75, 3.05) is 31.6 Å². The average molecular weight is 333 g/mol. The number of rotatable bonds is 4. The summed E-state index contributed by atoms with van der Waals surface area (Å²) in [6.45, 7) is 3.17. The number of hydrogen-bond acceptors (Lipinski definition) is 6. The summed E-state index contributed by atoms with van der Waals surface area (Å²) >= 11 is 0. The van der Waals surface area contributed by atoms with Gasteiger partial charge < -0.3 is 15.0 Å². The molecule has 2 heterocycles. The predicted molar refractivity (Wildman–Crippen MR) is 86.1 cm³/mol. The first-order chi connectivity index (χ1) is 11.6. The number of ether oxygens (including phenoxy) is 1. The van der Waals surface area contributed by atoms with Crippen LogP contribution in [0.2, 0.25) is 0 Å². The summed E-state index contributed by atoms with van der Waals surface area (Å²) in [7, 11) is 0. The van der Waals surface area contributed by atoms with E-state index in [-0.39, 0.29) is 12.3 Å². The summed E-state index contributed by atoms with van der Waals surface area (Å²) in [6, 6.07) is 3.41. The van der Waals surface area contributed by atoms with Crippen molar-refractivity contribution in [1.82, 2.24) is 15.3 Å². The van der Waals surface area contributed by atoms with E-state index in [1.807, 2.05) is 0 Å². The summed E-state index contributed by atoms with van der Waals surface area (Å²) in [5.74, 6) is -1.78. The Kier molecular flexibility index (Phi) is 6.38. The van der Waals surface area contributed by atoms with Crippen LogP contribution in [0.3, 0.4) is 0 Å². The Balaban J connectivity index is 1.79. The lowest BCUT2D eigenvalue weighted by atomic mass is 10.3. The number of pyridine rings is 1. The predicted octanol–water partition coefficient (Wildman–Crippen LogP) is -0.239. The Bertz CT molecular complexity index is 626. The maximum absolute atomic E-state index is 11.9. The first kappa shape index (κ1) is 17.5. The minimum atomic E-state index is -0.830. The highest BCUT2D eigenvalue weighted by molar-refractivity contribution is 6.35. The van der Waals surface area contributed by atoms with Gasteiger partial charge in [0.2, 0.25) is 5.91 Å². The quantitative estimate of drug-likeness (QED) is 0.449. The highest BCUT2D eigenvalue weighted by Crippen LogP contribution is 2.03. The lowest BCUT2D eigenvalue weighted by molar-refractivity contribution is -0.148. The zero-order valence-corrected chi connectivity index (χ0v) is 13.3. The highest BCUT2D eigenvalue weighted by atomic mass is 16.5. The molecule has 3 amide bonds. The van der Waals surface area contributed by atoms with Crippen LogP contribution in [0.5, 0.6) is 0 Å². The first-order valence-electron chi connectivity index (χ1n) is 7.46. The normalized spacial score (nSPS) is 14.9. The van der Waals surface area contributed by atoms with Crippen LogP contribution in [0.25, 0.3) is 0 Å². The van der Waals surface area contributed by atoms with E-state index in [0.29, 0.717) is 37.7 Å². The summed E-state index contributed by atoms with van der Waals surface area (Å²) < 4.78 is 5.12. The average Bonchev–Trinajstić information content (AvgIpc) is 2.60. The number of carbonyl (C=O) groups excluding carboxylic acids is 3. The van der Waals surface area contributed by atoms with Crippen molar-refractivity contribution >= 4 is 29.1 Å². The number of hydrazone groups is 1. The molecule has 0 aliphatic carbocycles. The molecule has 128 valence electrons. The number of aromatic nitrogens is 1. The summed E-state index contributed by atoms with van der Waals surface area (Å²) in [5, 5.41) is 6.43. The van der Waals surface area contributed by atoms with Crippen molar-refractivity contribution < 1.29 is 19.1 Å². The van der Waals surface area contributed by atoms with E-state index in [0.717, 1.165) is 0 Å². The molecule has 1 aliphatic rings. The number of amides is 3. The van der Waals surface area contributed by atoms with E-state index in [1.165, 1.54) is 11.1 Å². The number of hydrogen-bond donors (Lipinski definition) is 2. The smallest absolute Gasteiger partial charge is 0.329 e. The van der Waals surface area contributed by atoms with Crippen LogP contribution < -0.4 is 10.7 Å². The van der Waals surface area contributed by atoms with Gasteiger partial charge in [0.15, 0.2) is 0 Å². The van der Waals surface area contributed by atoms with Gasteiger partial charge in [0.25, 0.3) is 0 Å². The van der Waals surface area contributed by atoms with Gasteiger partial charge in [-0.05, 0) is 19.1 Å². The van der Waals surface area contributed by atoms with Crippen LogP contribution >= 0.6 is 0 Å². The largest absolute Gasteiger partial charge is 0.378 e. The van der Waals surface area contributed by atoms with E-state index >= 15 is 0 Å². The summed E-state index contributed by atoms with van der Waals surface area (Å²) in [5.41, 5.74) is 3.12. The number of carbonyl (C=O) groups is 3.